The van der Waals surface area contributed by atoms with Gasteiger partial charge in [0.1, 0.15) is 0 Å². The van der Waals surface area contributed by atoms with Crippen molar-refractivity contribution in [3.63, 3.8) is 0 Å². The third kappa shape index (κ3) is 1.80. The standard InChI is InChI=1S/C10H11NS.C2H6/c1-6-4-7(2)10-9(8(6)3)11-5-12-10;1-2/h4-5H,1-3H3;1-2H3. The Kier molecular flexibility index (Phi) is 3.64. The molecule has 2 rings (SSSR count). The van der Waals surface area contributed by atoms with Crippen molar-refractivity contribution < 1.29 is 0 Å². The number of aryl methyl sites for hydroxylation is 3. The van der Waals surface area contributed by atoms with Crippen molar-refractivity contribution in [2.45, 2.75) is 34.6 Å². The summed E-state index contributed by atoms with van der Waals surface area (Å²) < 4.78 is 1.33. The Hall–Kier alpha value is -0.890. The molecule has 0 saturated heterocycles. The maximum atomic E-state index is 4.36. The van der Waals surface area contributed by atoms with Crippen molar-refractivity contribution in [3.8, 4) is 0 Å². The zero-order valence-corrected chi connectivity index (χ0v) is 10.3. The second-order valence-corrected chi connectivity index (χ2v) is 4.02. The first-order valence-corrected chi connectivity index (χ1v) is 5.88. The van der Waals surface area contributed by atoms with E-state index in [9.17, 15) is 0 Å². The molecule has 2 heteroatoms. The van der Waals surface area contributed by atoms with Crippen LogP contribution in [0.2, 0.25) is 0 Å². The number of thiazole rings is 1. The summed E-state index contributed by atoms with van der Waals surface area (Å²) in [5, 5.41) is 0. The SMILES string of the molecule is CC.Cc1cc(C)c2scnc2c1C. The predicted molar refractivity (Wildman–Crippen MR) is 65.2 cm³/mol. The highest BCUT2D eigenvalue weighted by Gasteiger charge is 2.05. The smallest absolute Gasteiger partial charge is 0.0846 e. The Morgan fingerprint density at radius 1 is 1.07 bits per heavy atom. The minimum atomic E-state index is 1.18. The molecular weight excluding hydrogens is 190 g/mol. The zero-order valence-electron chi connectivity index (χ0n) is 9.51. The molecule has 0 aliphatic carbocycles. The number of hydrogen-bond acceptors (Lipinski definition) is 2. The normalized spacial score (nSPS) is 9.79. The second kappa shape index (κ2) is 4.56. The Labute approximate surface area is 89.8 Å². The Morgan fingerprint density at radius 2 is 1.71 bits per heavy atom. The lowest BCUT2D eigenvalue weighted by atomic mass is 10.1. The van der Waals surface area contributed by atoms with Crippen LogP contribution in [-0.2, 0) is 0 Å². The van der Waals surface area contributed by atoms with E-state index in [1.54, 1.807) is 11.3 Å². The molecule has 0 aliphatic heterocycles. The highest BCUT2D eigenvalue weighted by molar-refractivity contribution is 7.17. The van der Waals surface area contributed by atoms with Gasteiger partial charge in [-0.3, -0.25) is 0 Å². The molecule has 0 saturated carbocycles. The van der Waals surface area contributed by atoms with Gasteiger partial charge >= 0.3 is 0 Å². The van der Waals surface area contributed by atoms with Crippen LogP contribution in [0.1, 0.15) is 30.5 Å². The summed E-state index contributed by atoms with van der Waals surface area (Å²) >= 11 is 1.73. The van der Waals surface area contributed by atoms with Crippen molar-refractivity contribution in [1.29, 1.82) is 0 Å². The van der Waals surface area contributed by atoms with Crippen molar-refractivity contribution in [3.05, 3.63) is 28.3 Å². The molecule has 0 radical (unpaired) electrons. The van der Waals surface area contributed by atoms with E-state index in [2.05, 4.69) is 31.8 Å². The van der Waals surface area contributed by atoms with Crippen LogP contribution in [0.15, 0.2) is 11.6 Å². The lowest BCUT2D eigenvalue weighted by Crippen LogP contribution is -1.84. The molecule has 1 heterocycles. The maximum Gasteiger partial charge on any atom is 0.0846 e. The van der Waals surface area contributed by atoms with Crippen LogP contribution < -0.4 is 0 Å². The third-order valence-electron chi connectivity index (χ3n) is 2.31. The van der Waals surface area contributed by atoms with Gasteiger partial charge in [0, 0.05) is 0 Å². The van der Waals surface area contributed by atoms with Crippen LogP contribution in [0.3, 0.4) is 0 Å². The summed E-state index contributed by atoms with van der Waals surface area (Å²) in [7, 11) is 0. The number of fused-ring (bicyclic) bond motifs is 1. The Bertz CT molecular complexity index is 429. The largest absolute Gasteiger partial charge is 0.244 e. The molecule has 14 heavy (non-hydrogen) atoms. The summed E-state index contributed by atoms with van der Waals surface area (Å²) in [5.74, 6) is 0. The first-order chi connectivity index (χ1) is 6.70. The van der Waals surface area contributed by atoms with E-state index in [0.29, 0.717) is 0 Å². The third-order valence-corrected chi connectivity index (χ3v) is 3.27. The molecule has 1 nitrogen and oxygen atoms in total. The fraction of sp³-hybridized carbons (Fsp3) is 0.417. The van der Waals surface area contributed by atoms with Crippen molar-refractivity contribution in [1.82, 2.24) is 4.98 Å². The van der Waals surface area contributed by atoms with Crippen LogP contribution in [0.5, 0.6) is 0 Å². The van der Waals surface area contributed by atoms with Crippen LogP contribution >= 0.6 is 11.3 Å². The minimum absolute atomic E-state index is 1.18. The molecule has 76 valence electrons. The highest BCUT2D eigenvalue weighted by Crippen LogP contribution is 2.26. The predicted octanol–water partition coefficient (Wildman–Crippen LogP) is 4.25. The van der Waals surface area contributed by atoms with Gasteiger partial charge in [-0.25, -0.2) is 4.98 Å². The molecular formula is C12H17NS. The number of rotatable bonds is 0. The van der Waals surface area contributed by atoms with Crippen molar-refractivity contribution in [2.24, 2.45) is 0 Å². The van der Waals surface area contributed by atoms with E-state index in [0.717, 1.165) is 0 Å². The van der Waals surface area contributed by atoms with Gasteiger partial charge in [0.05, 0.1) is 15.7 Å². The quantitative estimate of drug-likeness (QED) is 0.629. The average Bonchev–Trinajstić information content (AvgIpc) is 2.67. The molecule has 1 aromatic carbocycles. The van der Waals surface area contributed by atoms with Gasteiger partial charge in [0.25, 0.3) is 0 Å². The fourth-order valence-corrected chi connectivity index (χ4v) is 2.30. The van der Waals surface area contributed by atoms with E-state index < -0.39 is 0 Å². The van der Waals surface area contributed by atoms with E-state index in [-0.39, 0.29) is 0 Å². The summed E-state index contributed by atoms with van der Waals surface area (Å²) in [6, 6.07) is 2.23. The van der Waals surface area contributed by atoms with Crippen molar-refractivity contribution >= 4 is 21.6 Å². The molecule has 0 bridgehead atoms. The van der Waals surface area contributed by atoms with E-state index in [4.69, 9.17) is 0 Å². The maximum absolute atomic E-state index is 4.36. The first kappa shape index (κ1) is 11.2. The molecule has 2 aromatic rings. The molecule has 0 spiro atoms. The summed E-state index contributed by atoms with van der Waals surface area (Å²) in [4.78, 5) is 4.36. The fourth-order valence-electron chi connectivity index (χ4n) is 1.48. The monoisotopic (exact) mass is 207 g/mol. The molecule has 0 atom stereocenters. The second-order valence-electron chi connectivity index (χ2n) is 3.17. The number of nitrogens with zero attached hydrogens (tertiary/aromatic N) is 1. The summed E-state index contributed by atoms with van der Waals surface area (Å²) in [5.41, 5.74) is 7.10. The van der Waals surface area contributed by atoms with Crippen molar-refractivity contribution in [2.75, 3.05) is 0 Å². The van der Waals surface area contributed by atoms with Crippen LogP contribution in [-0.4, -0.2) is 4.98 Å². The van der Waals surface area contributed by atoms with Gasteiger partial charge < -0.3 is 0 Å². The van der Waals surface area contributed by atoms with Crippen LogP contribution in [0.4, 0.5) is 0 Å². The molecule has 0 aliphatic rings. The number of benzene rings is 1. The average molecular weight is 207 g/mol. The molecule has 0 amide bonds. The van der Waals surface area contributed by atoms with E-state index in [1.165, 1.54) is 26.9 Å². The topological polar surface area (TPSA) is 12.9 Å². The molecule has 1 aromatic heterocycles. The number of hydrogen-bond donors (Lipinski definition) is 0. The van der Waals surface area contributed by atoms with Gasteiger partial charge in [-0.1, -0.05) is 19.9 Å². The highest BCUT2D eigenvalue weighted by atomic mass is 32.1. The van der Waals surface area contributed by atoms with Crippen LogP contribution in [0.25, 0.3) is 10.2 Å². The molecule has 0 fully saturated rings. The molecule has 0 unspecified atom stereocenters. The Balaban J connectivity index is 0.000000461. The van der Waals surface area contributed by atoms with Gasteiger partial charge in [0.15, 0.2) is 0 Å². The van der Waals surface area contributed by atoms with E-state index in [1.807, 2.05) is 19.4 Å². The minimum Gasteiger partial charge on any atom is -0.244 e. The Morgan fingerprint density at radius 3 is 2.36 bits per heavy atom. The number of aromatic nitrogens is 1. The lowest BCUT2D eigenvalue weighted by Gasteiger charge is -2.02. The van der Waals surface area contributed by atoms with Gasteiger partial charge in [-0.15, -0.1) is 11.3 Å². The first-order valence-electron chi connectivity index (χ1n) is 5.00. The summed E-state index contributed by atoms with van der Waals surface area (Å²) in [6.45, 7) is 10.4. The van der Waals surface area contributed by atoms with E-state index >= 15 is 0 Å². The lowest BCUT2D eigenvalue weighted by molar-refractivity contribution is 1.32. The summed E-state index contributed by atoms with van der Waals surface area (Å²) in [6.07, 6.45) is 0. The van der Waals surface area contributed by atoms with Crippen LogP contribution in [0, 0.1) is 20.8 Å². The van der Waals surface area contributed by atoms with Gasteiger partial charge in [0.2, 0.25) is 0 Å². The zero-order chi connectivity index (χ0) is 10.7. The van der Waals surface area contributed by atoms with Gasteiger partial charge in [-0.05, 0) is 37.5 Å². The molecule has 0 N–H and O–H groups in total. The van der Waals surface area contributed by atoms with Gasteiger partial charge in [-0.2, -0.15) is 0 Å².